The standard InChI is InChI=1S/C26H22FN5O/c1-16-21(27)6-3-7-23(16)32-25-20-13-17(18-8-10-19(29-14-18)5-4-12-28)9-11-22(20)30-15-24(25)31(2)26(32)33/h3-4,6-15H,5,28H2,1-2H3. The average Bonchev–Trinajstić information content (AvgIpc) is 3.10. The minimum Gasteiger partial charge on any atom is -0.405 e. The van der Waals surface area contributed by atoms with Gasteiger partial charge in [-0.15, -0.1) is 0 Å². The molecule has 0 unspecified atom stereocenters. The second-order valence-corrected chi connectivity index (χ2v) is 7.96. The number of halogens is 1. The molecule has 0 aliphatic rings. The Labute approximate surface area is 189 Å². The third-order valence-corrected chi connectivity index (χ3v) is 5.98. The van der Waals surface area contributed by atoms with Gasteiger partial charge < -0.3 is 5.73 Å². The molecule has 0 spiro atoms. The average molecular weight is 439 g/mol. The molecule has 0 saturated carbocycles. The van der Waals surface area contributed by atoms with E-state index in [0.717, 1.165) is 27.7 Å². The number of nitrogens with zero attached hydrogens (tertiary/aromatic N) is 4. The third kappa shape index (κ3) is 3.38. The van der Waals surface area contributed by atoms with Crippen molar-refractivity contribution in [3.05, 3.63) is 101 Å². The lowest BCUT2D eigenvalue weighted by molar-refractivity contribution is 0.616. The molecule has 0 atom stereocenters. The molecule has 3 heterocycles. The summed E-state index contributed by atoms with van der Waals surface area (Å²) in [5.74, 6) is -0.355. The predicted molar refractivity (Wildman–Crippen MR) is 129 cm³/mol. The van der Waals surface area contributed by atoms with Crippen LogP contribution in [0.15, 0.2) is 78.0 Å². The van der Waals surface area contributed by atoms with Crippen molar-refractivity contribution in [1.29, 1.82) is 0 Å². The molecule has 0 radical (unpaired) electrons. The van der Waals surface area contributed by atoms with Gasteiger partial charge in [0, 0.05) is 41.9 Å². The maximum Gasteiger partial charge on any atom is 0.333 e. The maximum atomic E-state index is 14.4. The van der Waals surface area contributed by atoms with Gasteiger partial charge >= 0.3 is 5.69 Å². The minimum atomic E-state index is -0.355. The summed E-state index contributed by atoms with van der Waals surface area (Å²) in [6.07, 6.45) is 7.54. The molecular weight excluding hydrogens is 417 g/mol. The summed E-state index contributed by atoms with van der Waals surface area (Å²) in [5.41, 5.74) is 11.0. The molecule has 0 aliphatic heterocycles. The summed E-state index contributed by atoms with van der Waals surface area (Å²) in [4.78, 5) is 22.3. The molecule has 5 rings (SSSR count). The second kappa shape index (κ2) is 8.02. The zero-order valence-electron chi connectivity index (χ0n) is 18.3. The molecule has 164 valence electrons. The number of hydrogen-bond acceptors (Lipinski definition) is 4. The van der Waals surface area contributed by atoms with Crippen LogP contribution in [0.4, 0.5) is 4.39 Å². The number of imidazole rings is 1. The van der Waals surface area contributed by atoms with Gasteiger partial charge in [-0.2, -0.15) is 0 Å². The van der Waals surface area contributed by atoms with E-state index in [1.54, 1.807) is 41.4 Å². The van der Waals surface area contributed by atoms with Gasteiger partial charge in [0.05, 0.1) is 28.4 Å². The van der Waals surface area contributed by atoms with Crippen molar-refractivity contribution in [1.82, 2.24) is 19.1 Å². The van der Waals surface area contributed by atoms with E-state index in [9.17, 15) is 9.18 Å². The van der Waals surface area contributed by atoms with Gasteiger partial charge in [-0.25, -0.2) is 9.18 Å². The molecule has 0 saturated heterocycles. The van der Waals surface area contributed by atoms with Crippen molar-refractivity contribution in [3.63, 3.8) is 0 Å². The Bertz CT molecular complexity index is 1600. The Hall–Kier alpha value is -4.26. The molecule has 33 heavy (non-hydrogen) atoms. The molecule has 5 aromatic rings. The van der Waals surface area contributed by atoms with Crippen LogP contribution in [0.1, 0.15) is 11.3 Å². The number of pyridine rings is 2. The van der Waals surface area contributed by atoms with Crippen molar-refractivity contribution >= 4 is 21.9 Å². The molecule has 6 nitrogen and oxygen atoms in total. The summed E-state index contributed by atoms with van der Waals surface area (Å²) < 4.78 is 17.5. The summed E-state index contributed by atoms with van der Waals surface area (Å²) >= 11 is 0. The largest absolute Gasteiger partial charge is 0.405 e. The summed E-state index contributed by atoms with van der Waals surface area (Å²) in [6, 6.07) is 14.7. The lowest BCUT2D eigenvalue weighted by Gasteiger charge is -2.10. The van der Waals surface area contributed by atoms with Crippen LogP contribution in [0.25, 0.3) is 38.8 Å². The summed E-state index contributed by atoms with van der Waals surface area (Å²) in [5, 5.41) is 0.807. The Kier molecular flexibility index (Phi) is 5.01. The highest BCUT2D eigenvalue weighted by atomic mass is 19.1. The van der Waals surface area contributed by atoms with Crippen molar-refractivity contribution in [3.8, 4) is 16.8 Å². The lowest BCUT2D eigenvalue weighted by Crippen LogP contribution is -2.21. The van der Waals surface area contributed by atoms with Crippen LogP contribution in [-0.4, -0.2) is 19.1 Å². The third-order valence-electron chi connectivity index (χ3n) is 5.98. The van der Waals surface area contributed by atoms with Crippen LogP contribution in [0.5, 0.6) is 0 Å². The van der Waals surface area contributed by atoms with E-state index in [2.05, 4.69) is 9.97 Å². The fourth-order valence-corrected chi connectivity index (χ4v) is 4.14. The van der Waals surface area contributed by atoms with Crippen LogP contribution < -0.4 is 11.4 Å². The van der Waals surface area contributed by atoms with Crippen molar-refractivity contribution < 1.29 is 4.39 Å². The van der Waals surface area contributed by atoms with Crippen LogP contribution in [0.2, 0.25) is 0 Å². The van der Waals surface area contributed by atoms with Gasteiger partial charge in [-0.05, 0) is 49.0 Å². The highest BCUT2D eigenvalue weighted by molar-refractivity contribution is 6.04. The lowest BCUT2D eigenvalue weighted by atomic mass is 10.0. The normalized spacial score (nSPS) is 11.7. The minimum absolute atomic E-state index is 0.252. The summed E-state index contributed by atoms with van der Waals surface area (Å²) in [6.45, 7) is 1.68. The molecule has 0 fully saturated rings. The first-order valence-electron chi connectivity index (χ1n) is 10.6. The summed E-state index contributed by atoms with van der Waals surface area (Å²) in [7, 11) is 1.70. The predicted octanol–water partition coefficient (Wildman–Crippen LogP) is 4.40. The molecule has 0 bridgehead atoms. The van der Waals surface area contributed by atoms with E-state index in [1.807, 2.05) is 42.6 Å². The molecule has 7 heteroatoms. The maximum absolute atomic E-state index is 14.4. The zero-order valence-corrected chi connectivity index (χ0v) is 18.3. The first kappa shape index (κ1) is 20.6. The van der Waals surface area contributed by atoms with Crippen LogP contribution >= 0.6 is 0 Å². The highest BCUT2D eigenvalue weighted by Gasteiger charge is 2.18. The Morgan fingerprint density at radius 2 is 1.88 bits per heavy atom. The van der Waals surface area contributed by atoms with Gasteiger partial charge in [-0.3, -0.25) is 19.1 Å². The van der Waals surface area contributed by atoms with E-state index >= 15 is 0 Å². The van der Waals surface area contributed by atoms with Gasteiger partial charge in [0.15, 0.2) is 0 Å². The molecule has 3 aromatic heterocycles. The zero-order chi connectivity index (χ0) is 23.1. The fraction of sp³-hybridized carbons (Fsp3) is 0.115. The number of fused-ring (bicyclic) bond motifs is 3. The molecule has 0 aliphatic carbocycles. The number of rotatable bonds is 4. The Balaban J connectivity index is 1.76. The number of allylic oxidation sites excluding steroid dienone is 1. The van der Waals surface area contributed by atoms with Crippen molar-refractivity contribution in [2.45, 2.75) is 13.3 Å². The van der Waals surface area contributed by atoms with E-state index in [0.29, 0.717) is 28.7 Å². The molecule has 2 aromatic carbocycles. The van der Waals surface area contributed by atoms with E-state index in [-0.39, 0.29) is 11.5 Å². The van der Waals surface area contributed by atoms with Gasteiger partial charge in [-0.1, -0.05) is 24.3 Å². The fourth-order valence-electron chi connectivity index (χ4n) is 4.14. The van der Waals surface area contributed by atoms with Crippen LogP contribution in [0, 0.1) is 12.7 Å². The Morgan fingerprint density at radius 3 is 2.64 bits per heavy atom. The van der Waals surface area contributed by atoms with Crippen molar-refractivity contribution in [2.75, 3.05) is 0 Å². The number of benzene rings is 2. The van der Waals surface area contributed by atoms with E-state index < -0.39 is 0 Å². The van der Waals surface area contributed by atoms with E-state index in [1.165, 1.54) is 12.3 Å². The smallest absolute Gasteiger partial charge is 0.333 e. The SMILES string of the molecule is Cc1c(F)cccc1-n1c(=O)n(C)c2cnc3ccc(-c4ccc(CC=CN)nc4)cc3c21. The second-order valence-electron chi connectivity index (χ2n) is 7.96. The van der Waals surface area contributed by atoms with Crippen LogP contribution in [0.3, 0.4) is 0 Å². The van der Waals surface area contributed by atoms with Gasteiger partial charge in [0.1, 0.15) is 5.82 Å². The molecule has 2 N–H and O–H groups in total. The number of hydrogen-bond donors (Lipinski definition) is 1. The Morgan fingerprint density at radius 1 is 1.06 bits per heavy atom. The highest BCUT2D eigenvalue weighted by Crippen LogP contribution is 2.30. The first-order chi connectivity index (χ1) is 16.0. The molecule has 0 amide bonds. The van der Waals surface area contributed by atoms with E-state index in [4.69, 9.17) is 5.73 Å². The number of nitrogens with two attached hydrogens (primary N) is 1. The number of aromatic nitrogens is 4. The van der Waals surface area contributed by atoms with Crippen LogP contribution in [-0.2, 0) is 13.5 Å². The molecular formula is C26H22FN5O. The first-order valence-corrected chi connectivity index (χ1v) is 10.6. The monoisotopic (exact) mass is 439 g/mol. The number of aryl methyl sites for hydroxylation is 1. The van der Waals surface area contributed by atoms with Gasteiger partial charge in [0.2, 0.25) is 0 Å². The quantitative estimate of drug-likeness (QED) is 0.450. The van der Waals surface area contributed by atoms with Gasteiger partial charge in [0.25, 0.3) is 0 Å². The van der Waals surface area contributed by atoms with Crippen molar-refractivity contribution in [2.24, 2.45) is 12.8 Å². The topological polar surface area (TPSA) is 78.7 Å².